The van der Waals surface area contributed by atoms with Gasteiger partial charge in [-0.1, -0.05) is 19.1 Å². The van der Waals surface area contributed by atoms with Crippen molar-refractivity contribution in [3.05, 3.63) is 64.5 Å². The molecule has 4 nitrogen and oxygen atoms in total. The van der Waals surface area contributed by atoms with Crippen LogP contribution in [0.5, 0.6) is 11.5 Å². The minimum absolute atomic E-state index is 0.155. The molecule has 2 aliphatic heterocycles. The van der Waals surface area contributed by atoms with Crippen LogP contribution in [0.4, 0.5) is 4.39 Å². The predicted octanol–water partition coefficient (Wildman–Crippen LogP) is 7.84. The summed E-state index contributed by atoms with van der Waals surface area (Å²) < 4.78 is 26.0. The van der Waals surface area contributed by atoms with E-state index in [0.717, 1.165) is 87.0 Å². The number of allylic oxidation sites excluding steroid dienone is 1. The molecule has 0 bridgehead atoms. The monoisotopic (exact) mass is 519 g/mol. The molecule has 0 radical (unpaired) electrons. The van der Waals surface area contributed by atoms with E-state index in [1.165, 1.54) is 36.1 Å². The van der Waals surface area contributed by atoms with Crippen molar-refractivity contribution in [1.29, 1.82) is 0 Å². The first-order valence-corrected chi connectivity index (χ1v) is 14.6. The van der Waals surface area contributed by atoms with E-state index in [2.05, 4.69) is 37.8 Å². The van der Waals surface area contributed by atoms with Crippen molar-refractivity contribution >= 4 is 11.5 Å². The summed E-state index contributed by atoms with van der Waals surface area (Å²) in [5.74, 6) is 1.44. The maximum Gasteiger partial charge on any atom is 0.311 e. The smallest absolute Gasteiger partial charge is 0.311 e. The van der Waals surface area contributed by atoms with Crippen molar-refractivity contribution in [2.24, 2.45) is 0 Å². The number of benzene rings is 2. The van der Waals surface area contributed by atoms with Crippen LogP contribution >= 0.6 is 0 Å². The number of halogens is 1. The van der Waals surface area contributed by atoms with Crippen LogP contribution in [0, 0.1) is 5.82 Å². The van der Waals surface area contributed by atoms with Gasteiger partial charge < -0.3 is 14.4 Å². The lowest BCUT2D eigenvalue weighted by Crippen LogP contribution is -2.33. The molecule has 5 rings (SSSR count). The fourth-order valence-corrected chi connectivity index (χ4v) is 6.43. The van der Waals surface area contributed by atoms with Crippen LogP contribution < -0.4 is 9.47 Å². The number of esters is 1. The Morgan fingerprint density at radius 3 is 2.61 bits per heavy atom. The third-order valence-electron chi connectivity index (χ3n) is 8.56. The van der Waals surface area contributed by atoms with Crippen LogP contribution in [-0.2, 0) is 11.2 Å². The molecule has 0 N–H and O–H groups in total. The highest BCUT2D eigenvalue weighted by Gasteiger charge is 2.39. The molecule has 0 saturated carbocycles. The Bertz CT molecular complexity index is 1180. The Morgan fingerprint density at radius 1 is 1.08 bits per heavy atom. The van der Waals surface area contributed by atoms with E-state index in [4.69, 9.17) is 9.47 Å². The van der Waals surface area contributed by atoms with Crippen LogP contribution in [0.3, 0.4) is 0 Å². The number of aryl methyl sites for hydroxylation is 1. The second kappa shape index (κ2) is 11.6. The number of fused-ring (bicyclic) bond motifs is 2. The Kier molecular flexibility index (Phi) is 8.23. The van der Waals surface area contributed by atoms with E-state index in [0.29, 0.717) is 12.2 Å². The molecule has 0 spiro atoms. The average molecular weight is 520 g/mol. The van der Waals surface area contributed by atoms with E-state index >= 15 is 0 Å². The molecule has 2 heterocycles. The maximum absolute atomic E-state index is 13.2. The van der Waals surface area contributed by atoms with E-state index in [1.54, 1.807) is 0 Å². The summed E-state index contributed by atoms with van der Waals surface area (Å²) in [6.45, 7) is 9.79. The van der Waals surface area contributed by atoms with Crippen LogP contribution in [0.1, 0.15) is 101 Å². The highest BCUT2D eigenvalue weighted by molar-refractivity contribution is 5.84. The number of ether oxygens (including phenoxy) is 2. The van der Waals surface area contributed by atoms with Gasteiger partial charge in [-0.25, -0.2) is 4.39 Å². The third kappa shape index (κ3) is 6.14. The summed E-state index contributed by atoms with van der Waals surface area (Å²) in [7, 11) is 0. The van der Waals surface area contributed by atoms with Gasteiger partial charge in [0, 0.05) is 6.42 Å². The predicted molar refractivity (Wildman–Crippen MR) is 150 cm³/mol. The standard InChI is InChI=1S/C33H42FNO3/c1-23(9-6-10-24-14-16-26(34)17-15-24)25-21-29(37-31(36)13-8-20-35-18-4-5-19-35)32-27-11-7-12-28(27)33(2,3)38-30(32)22-25/h14-17,21-23H,4-13,18-20H2,1-3H3. The van der Waals surface area contributed by atoms with Crippen molar-refractivity contribution in [3.8, 4) is 11.5 Å². The topological polar surface area (TPSA) is 38.8 Å². The Hall–Kier alpha value is -2.66. The van der Waals surface area contributed by atoms with Crippen LogP contribution in [0.2, 0.25) is 0 Å². The van der Waals surface area contributed by atoms with Gasteiger partial charge in [-0.3, -0.25) is 4.79 Å². The second-order valence-corrected chi connectivity index (χ2v) is 11.9. The van der Waals surface area contributed by atoms with E-state index in [1.807, 2.05) is 12.1 Å². The van der Waals surface area contributed by atoms with E-state index < -0.39 is 0 Å². The lowest BCUT2D eigenvalue weighted by molar-refractivity contribution is -0.134. The SMILES string of the molecule is CC(CCCc1ccc(F)cc1)c1cc(OC(=O)CCCN2CCCC2)c2c(c1)OC(C)(C)C1=C2CCC1. The molecule has 38 heavy (non-hydrogen) atoms. The maximum atomic E-state index is 13.2. The van der Waals surface area contributed by atoms with Gasteiger partial charge in [0.2, 0.25) is 0 Å². The second-order valence-electron chi connectivity index (χ2n) is 11.9. The molecule has 5 heteroatoms. The minimum atomic E-state index is -0.347. The Balaban J connectivity index is 1.33. The molecule has 1 atom stereocenters. The third-order valence-corrected chi connectivity index (χ3v) is 8.56. The number of hydrogen-bond donors (Lipinski definition) is 0. The fourth-order valence-electron chi connectivity index (χ4n) is 6.43. The van der Waals surface area contributed by atoms with Gasteiger partial charge in [0.25, 0.3) is 0 Å². The van der Waals surface area contributed by atoms with Gasteiger partial charge >= 0.3 is 5.97 Å². The summed E-state index contributed by atoms with van der Waals surface area (Å²) in [6, 6.07) is 11.0. The Morgan fingerprint density at radius 2 is 1.84 bits per heavy atom. The molecule has 1 unspecified atom stereocenters. The van der Waals surface area contributed by atoms with Gasteiger partial charge in [0.1, 0.15) is 22.9 Å². The highest BCUT2D eigenvalue weighted by Crippen LogP contribution is 2.52. The molecule has 204 valence electrons. The zero-order valence-electron chi connectivity index (χ0n) is 23.3. The van der Waals surface area contributed by atoms with Crippen molar-refractivity contribution in [2.45, 2.75) is 96.5 Å². The lowest BCUT2D eigenvalue weighted by atomic mass is 9.85. The van der Waals surface area contributed by atoms with E-state index in [9.17, 15) is 9.18 Å². The summed E-state index contributed by atoms with van der Waals surface area (Å²) in [6.07, 6.45) is 9.83. The van der Waals surface area contributed by atoms with Gasteiger partial charge in [0.15, 0.2) is 0 Å². The van der Waals surface area contributed by atoms with Crippen LogP contribution in [0.25, 0.3) is 5.57 Å². The van der Waals surface area contributed by atoms with Crippen LogP contribution in [0.15, 0.2) is 42.0 Å². The van der Waals surface area contributed by atoms with Crippen molar-refractivity contribution in [1.82, 2.24) is 4.90 Å². The van der Waals surface area contributed by atoms with Crippen LogP contribution in [-0.4, -0.2) is 36.1 Å². The van der Waals surface area contributed by atoms with Crippen molar-refractivity contribution in [2.75, 3.05) is 19.6 Å². The molecule has 0 amide bonds. The lowest BCUT2D eigenvalue weighted by Gasteiger charge is -2.36. The first-order valence-electron chi connectivity index (χ1n) is 14.6. The molecular weight excluding hydrogens is 477 g/mol. The largest absolute Gasteiger partial charge is 0.483 e. The molecule has 1 fully saturated rings. The zero-order valence-corrected chi connectivity index (χ0v) is 23.3. The normalized spacial score (nSPS) is 19.2. The average Bonchev–Trinajstić information content (AvgIpc) is 3.58. The number of hydrogen-bond acceptors (Lipinski definition) is 4. The van der Waals surface area contributed by atoms with Gasteiger partial charge in [0.05, 0.1) is 5.56 Å². The number of nitrogens with zero attached hydrogens (tertiary/aromatic N) is 1. The molecule has 3 aliphatic rings. The molecular formula is C33H42FNO3. The zero-order chi connectivity index (χ0) is 26.7. The summed E-state index contributed by atoms with van der Waals surface area (Å²) >= 11 is 0. The molecule has 1 saturated heterocycles. The number of rotatable bonds is 10. The minimum Gasteiger partial charge on any atom is -0.483 e. The number of carbonyl (C=O) groups is 1. The van der Waals surface area contributed by atoms with Crippen molar-refractivity contribution < 1.29 is 18.7 Å². The Labute approximate surface area is 227 Å². The fraction of sp³-hybridized carbons (Fsp3) is 0.545. The molecule has 2 aromatic rings. The van der Waals surface area contributed by atoms with Gasteiger partial charge in [-0.05, 0) is 144 Å². The highest BCUT2D eigenvalue weighted by atomic mass is 19.1. The first-order chi connectivity index (χ1) is 18.3. The quantitative estimate of drug-likeness (QED) is 0.237. The van der Waals surface area contributed by atoms with Gasteiger partial charge in [-0.15, -0.1) is 0 Å². The molecule has 1 aliphatic carbocycles. The summed E-state index contributed by atoms with van der Waals surface area (Å²) in [4.78, 5) is 15.4. The first kappa shape index (κ1) is 26.9. The number of likely N-dealkylation sites (tertiary alicyclic amines) is 1. The van der Waals surface area contributed by atoms with Crippen molar-refractivity contribution in [3.63, 3.8) is 0 Å². The van der Waals surface area contributed by atoms with Gasteiger partial charge in [-0.2, -0.15) is 0 Å². The van der Waals surface area contributed by atoms with E-state index in [-0.39, 0.29) is 23.3 Å². The molecule has 0 aromatic heterocycles. The summed E-state index contributed by atoms with van der Waals surface area (Å²) in [5.41, 5.74) is 5.59. The molecule has 2 aromatic carbocycles. The number of carbonyl (C=O) groups excluding carboxylic acids is 1. The summed E-state index contributed by atoms with van der Waals surface area (Å²) in [5, 5.41) is 0.